The molecule has 0 saturated carbocycles. The van der Waals surface area contributed by atoms with Gasteiger partial charge in [0.1, 0.15) is 0 Å². The van der Waals surface area contributed by atoms with Gasteiger partial charge in [-0.1, -0.05) is 41.9 Å². The highest BCUT2D eigenvalue weighted by atomic mass is 35.5. The quantitative estimate of drug-likeness (QED) is 0.434. The van der Waals surface area contributed by atoms with Gasteiger partial charge in [0.15, 0.2) is 0 Å². The van der Waals surface area contributed by atoms with Crippen molar-refractivity contribution in [1.82, 2.24) is 5.32 Å². The molecule has 0 saturated heterocycles. The van der Waals surface area contributed by atoms with Crippen LogP contribution in [0.5, 0.6) is 0 Å². The van der Waals surface area contributed by atoms with E-state index in [1.54, 1.807) is 0 Å². The van der Waals surface area contributed by atoms with E-state index >= 15 is 0 Å². The minimum Gasteiger partial charge on any atom is -0.374 e. The maximum atomic E-state index is 12.1. The van der Waals surface area contributed by atoms with Gasteiger partial charge in [-0.15, -0.1) is 0 Å². The van der Waals surface area contributed by atoms with Crippen molar-refractivity contribution in [2.24, 2.45) is 0 Å². The zero-order chi connectivity index (χ0) is 18.2. The molecular weight excluding hydrogens is 344 g/mol. The first kappa shape index (κ1) is 18.9. The summed E-state index contributed by atoms with van der Waals surface area (Å²) in [5.74, 6) is -0.440. The lowest BCUT2D eigenvalue weighted by atomic mass is 10.1. The Balaban J connectivity index is 1.77. The van der Waals surface area contributed by atoms with Gasteiger partial charge >= 0.3 is 0 Å². The van der Waals surface area contributed by atoms with Crippen molar-refractivity contribution in [3.05, 3.63) is 74.8 Å². The summed E-state index contributed by atoms with van der Waals surface area (Å²) >= 11 is 5.94. The van der Waals surface area contributed by atoms with Gasteiger partial charge in [0.05, 0.1) is 21.6 Å². The smallest absolute Gasteiger partial charge is 0.270 e. The topological polar surface area (TPSA) is 81.5 Å². The number of nitro benzene ring substituents is 1. The SMILES string of the molecule is CC(OCCCNC(=O)c1cc([N+](=O)[O-])ccc1Cl)c1ccccc1. The monoisotopic (exact) mass is 362 g/mol. The number of nitrogens with one attached hydrogen (secondary N) is 1. The molecular formula is C18H19ClN2O4. The van der Waals surface area contributed by atoms with Crippen LogP contribution >= 0.6 is 11.6 Å². The predicted octanol–water partition coefficient (Wildman–Crippen LogP) is 4.15. The maximum absolute atomic E-state index is 12.1. The first-order valence-electron chi connectivity index (χ1n) is 7.87. The van der Waals surface area contributed by atoms with Crippen molar-refractivity contribution < 1.29 is 14.5 Å². The Hall–Kier alpha value is -2.44. The maximum Gasteiger partial charge on any atom is 0.270 e. The zero-order valence-corrected chi connectivity index (χ0v) is 14.5. The third-order valence-electron chi connectivity index (χ3n) is 3.65. The molecule has 0 spiro atoms. The van der Waals surface area contributed by atoms with Gasteiger partial charge in [-0.25, -0.2) is 0 Å². The fourth-order valence-corrected chi connectivity index (χ4v) is 2.45. The second kappa shape index (κ2) is 9.15. The molecule has 2 aromatic rings. The number of amides is 1. The molecule has 0 aliphatic rings. The van der Waals surface area contributed by atoms with Gasteiger partial charge in [-0.05, 0) is 25.0 Å². The van der Waals surface area contributed by atoms with E-state index in [9.17, 15) is 14.9 Å². The van der Waals surface area contributed by atoms with Crippen LogP contribution in [0.3, 0.4) is 0 Å². The average molecular weight is 363 g/mol. The largest absolute Gasteiger partial charge is 0.374 e. The molecule has 1 unspecified atom stereocenters. The van der Waals surface area contributed by atoms with Gasteiger partial charge in [-0.3, -0.25) is 14.9 Å². The predicted molar refractivity (Wildman–Crippen MR) is 95.9 cm³/mol. The molecule has 132 valence electrons. The molecule has 0 aromatic heterocycles. The Bertz CT molecular complexity index is 737. The first-order chi connectivity index (χ1) is 12.0. The van der Waals surface area contributed by atoms with E-state index in [0.29, 0.717) is 19.6 Å². The number of carbonyl (C=O) groups excluding carboxylic acids is 1. The van der Waals surface area contributed by atoms with Gasteiger partial charge in [0.25, 0.3) is 11.6 Å². The Labute approximate surface area is 150 Å². The van der Waals surface area contributed by atoms with Crippen LogP contribution in [-0.4, -0.2) is 24.0 Å². The average Bonchev–Trinajstić information content (AvgIpc) is 2.62. The molecule has 0 aliphatic heterocycles. The molecule has 0 fully saturated rings. The van der Waals surface area contributed by atoms with E-state index in [4.69, 9.17) is 16.3 Å². The summed E-state index contributed by atoms with van der Waals surface area (Å²) in [6, 6.07) is 13.6. The van der Waals surface area contributed by atoms with Gasteiger partial charge in [0, 0.05) is 25.3 Å². The van der Waals surface area contributed by atoms with Gasteiger partial charge in [-0.2, -0.15) is 0 Å². The van der Waals surface area contributed by atoms with Crippen molar-refractivity contribution >= 4 is 23.2 Å². The molecule has 1 amide bonds. The second-order valence-corrected chi connectivity index (χ2v) is 5.86. The van der Waals surface area contributed by atoms with Crippen molar-refractivity contribution in [2.75, 3.05) is 13.2 Å². The minimum atomic E-state index is -0.564. The summed E-state index contributed by atoms with van der Waals surface area (Å²) in [4.78, 5) is 22.3. The molecule has 0 bridgehead atoms. The van der Waals surface area contributed by atoms with E-state index in [-0.39, 0.29) is 22.4 Å². The lowest BCUT2D eigenvalue weighted by Crippen LogP contribution is -2.25. The van der Waals surface area contributed by atoms with Crippen LogP contribution in [-0.2, 0) is 4.74 Å². The molecule has 2 aromatic carbocycles. The number of benzene rings is 2. The third kappa shape index (κ3) is 5.55. The number of hydrogen-bond acceptors (Lipinski definition) is 4. The lowest BCUT2D eigenvalue weighted by molar-refractivity contribution is -0.384. The molecule has 25 heavy (non-hydrogen) atoms. The number of non-ortho nitro benzene ring substituents is 1. The van der Waals surface area contributed by atoms with E-state index < -0.39 is 10.8 Å². The highest BCUT2D eigenvalue weighted by Gasteiger charge is 2.15. The van der Waals surface area contributed by atoms with Crippen LogP contribution in [0, 0.1) is 10.1 Å². The van der Waals surface area contributed by atoms with E-state index in [0.717, 1.165) is 5.56 Å². The van der Waals surface area contributed by atoms with Crippen LogP contribution in [0.1, 0.15) is 35.4 Å². The Kier molecular flexibility index (Phi) is 6.91. The minimum absolute atomic E-state index is 0.0249. The van der Waals surface area contributed by atoms with Crippen LogP contribution < -0.4 is 5.32 Å². The summed E-state index contributed by atoms with van der Waals surface area (Å²) in [5.41, 5.74) is 1.01. The Morgan fingerprint density at radius 2 is 2.00 bits per heavy atom. The molecule has 0 radical (unpaired) electrons. The summed E-state index contributed by atoms with van der Waals surface area (Å²) in [5, 5.41) is 13.7. The van der Waals surface area contributed by atoms with Crippen LogP contribution in [0.15, 0.2) is 48.5 Å². The van der Waals surface area contributed by atoms with Crippen LogP contribution in [0.25, 0.3) is 0 Å². The molecule has 1 N–H and O–H groups in total. The standard InChI is InChI=1S/C18H19ClN2O4/c1-13(14-6-3-2-4-7-14)25-11-5-10-20-18(22)16-12-15(21(23)24)8-9-17(16)19/h2-4,6-9,12-13H,5,10-11H2,1H3,(H,20,22). The summed E-state index contributed by atoms with van der Waals surface area (Å²) < 4.78 is 5.72. The molecule has 6 nitrogen and oxygen atoms in total. The number of nitrogens with zero attached hydrogens (tertiary/aromatic N) is 1. The lowest BCUT2D eigenvalue weighted by Gasteiger charge is -2.13. The molecule has 7 heteroatoms. The normalized spacial score (nSPS) is 11.8. The molecule has 0 aliphatic carbocycles. The Morgan fingerprint density at radius 1 is 1.28 bits per heavy atom. The van der Waals surface area contributed by atoms with E-state index in [2.05, 4.69) is 5.32 Å². The molecule has 0 heterocycles. The van der Waals surface area contributed by atoms with Crippen LogP contribution in [0.2, 0.25) is 5.02 Å². The molecule has 1 atom stereocenters. The van der Waals surface area contributed by atoms with E-state index in [1.165, 1.54) is 18.2 Å². The van der Waals surface area contributed by atoms with Crippen molar-refractivity contribution in [3.63, 3.8) is 0 Å². The summed E-state index contributed by atoms with van der Waals surface area (Å²) in [6.07, 6.45) is 0.596. The number of nitro groups is 1. The summed E-state index contributed by atoms with van der Waals surface area (Å²) in [7, 11) is 0. The van der Waals surface area contributed by atoms with Crippen LogP contribution in [0.4, 0.5) is 5.69 Å². The zero-order valence-electron chi connectivity index (χ0n) is 13.8. The highest BCUT2D eigenvalue weighted by molar-refractivity contribution is 6.33. The first-order valence-corrected chi connectivity index (χ1v) is 8.25. The molecule has 2 rings (SSSR count). The van der Waals surface area contributed by atoms with Crippen molar-refractivity contribution in [2.45, 2.75) is 19.4 Å². The van der Waals surface area contributed by atoms with E-state index in [1.807, 2.05) is 37.3 Å². The second-order valence-electron chi connectivity index (χ2n) is 5.45. The van der Waals surface area contributed by atoms with Crippen molar-refractivity contribution in [1.29, 1.82) is 0 Å². The summed E-state index contributed by atoms with van der Waals surface area (Å²) in [6.45, 7) is 2.84. The fourth-order valence-electron chi connectivity index (χ4n) is 2.25. The number of rotatable bonds is 8. The van der Waals surface area contributed by atoms with Gasteiger partial charge < -0.3 is 10.1 Å². The van der Waals surface area contributed by atoms with Crippen molar-refractivity contribution in [3.8, 4) is 0 Å². The third-order valence-corrected chi connectivity index (χ3v) is 3.98. The number of ether oxygens (including phenoxy) is 1. The highest BCUT2D eigenvalue weighted by Crippen LogP contribution is 2.22. The number of hydrogen-bond donors (Lipinski definition) is 1. The van der Waals surface area contributed by atoms with Gasteiger partial charge in [0.2, 0.25) is 0 Å². The fraction of sp³-hybridized carbons (Fsp3) is 0.278. The Morgan fingerprint density at radius 3 is 2.68 bits per heavy atom. The number of halogens is 1. The number of carbonyl (C=O) groups is 1.